The van der Waals surface area contributed by atoms with Crippen molar-refractivity contribution in [1.82, 2.24) is 4.90 Å². The Kier molecular flexibility index (Phi) is 3.58. The summed E-state index contributed by atoms with van der Waals surface area (Å²) >= 11 is 3.53. The van der Waals surface area contributed by atoms with Crippen LogP contribution >= 0.6 is 15.9 Å². The van der Waals surface area contributed by atoms with E-state index in [1.165, 1.54) is 18.5 Å². The summed E-state index contributed by atoms with van der Waals surface area (Å²) in [5.74, 6) is 0. The molecule has 0 spiro atoms. The Morgan fingerprint density at radius 3 is 2.63 bits per heavy atom. The van der Waals surface area contributed by atoms with E-state index >= 15 is 0 Å². The lowest BCUT2D eigenvalue weighted by Crippen LogP contribution is -2.57. The van der Waals surface area contributed by atoms with Gasteiger partial charge in [0, 0.05) is 28.8 Å². The van der Waals surface area contributed by atoms with E-state index in [4.69, 9.17) is 5.73 Å². The molecule has 0 radical (unpaired) electrons. The largest absolute Gasteiger partial charge is 0.378 e. The van der Waals surface area contributed by atoms with Crippen molar-refractivity contribution in [2.24, 2.45) is 5.73 Å². The highest BCUT2D eigenvalue weighted by Gasteiger charge is 2.46. The van der Waals surface area contributed by atoms with E-state index in [-0.39, 0.29) is 5.54 Å². The van der Waals surface area contributed by atoms with Crippen LogP contribution in [0.4, 0.5) is 5.69 Å². The predicted octanol–water partition coefficient (Wildman–Crippen LogP) is 2.82. The maximum atomic E-state index is 6.13. The lowest BCUT2D eigenvalue weighted by atomic mass is 9.82. The quantitative estimate of drug-likeness (QED) is 0.898. The average Bonchev–Trinajstić information content (AvgIpc) is 2.63. The van der Waals surface area contributed by atoms with Crippen molar-refractivity contribution in [3.8, 4) is 0 Å². The minimum atomic E-state index is 0.0686. The van der Waals surface area contributed by atoms with Crippen LogP contribution in [-0.4, -0.2) is 36.1 Å². The molecule has 2 heterocycles. The number of nitrogens with zero attached hydrogens (tertiary/aromatic N) is 1. The molecule has 2 saturated heterocycles. The van der Waals surface area contributed by atoms with Gasteiger partial charge >= 0.3 is 0 Å². The Balaban J connectivity index is 1.81. The molecule has 0 aromatic heterocycles. The van der Waals surface area contributed by atoms with Gasteiger partial charge in [0.25, 0.3) is 0 Å². The van der Waals surface area contributed by atoms with Crippen LogP contribution < -0.4 is 11.1 Å². The van der Waals surface area contributed by atoms with E-state index in [1.807, 2.05) is 0 Å². The summed E-state index contributed by atoms with van der Waals surface area (Å²) in [5.41, 5.74) is 7.37. The highest BCUT2D eigenvalue weighted by Crippen LogP contribution is 2.41. The number of fused-ring (bicyclic) bond motifs is 2. The number of anilines is 1. The van der Waals surface area contributed by atoms with Gasteiger partial charge in [-0.15, -0.1) is 0 Å². The molecule has 104 valence electrons. The van der Waals surface area contributed by atoms with Crippen LogP contribution in [0.25, 0.3) is 0 Å². The first-order valence-corrected chi connectivity index (χ1v) is 7.87. The molecule has 0 saturated carbocycles. The zero-order valence-corrected chi connectivity index (χ0v) is 13.0. The number of piperidine rings is 1. The summed E-state index contributed by atoms with van der Waals surface area (Å²) in [6, 6.07) is 9.78. The molecule has 2 atom stereocenters. The summed E-state index contributed by atoms with van der Waals surface area (Å²) in [4.78, 5) is 2.55. The fourth-order valence-electron chi connectivity index (χ4n) is 3.76. The Labute approximate surface area is 123 Å². The van der Waals surface area contributed by atoms with Crippen molar-refractivity contribution in [1.29, 1.82) is 0 Å². The maximum absolute atomic E-state index is 6.13. The monoisotopic (exact) mass is 323 g/mol. The number of hydrogen-bond acceptors (Lipinski definition) is 3. The van der Waals surface area contributed by atoms with Crippen LogP contribution in [0.1, 0.15) is 25.7 Å². The first-order chi connectivity index (χ1) is 9.12. The maximum Gasteiger partial charge on any atom is 0.0525 e. The predicted molar refractivity (Wildman–Crippen MR) is 83.4 cm³/mol. The van der Waals surface area contributed by atoms with E-state index in [2.05, 4.69) is 57.5 Å². The van der Waals surface area contributed by atoms with Gasteiger partial charge in [0.1, 0.15) is 0 Å². The van der Waals surface area contributed by atoms with Crippen molar-refractivity contribution in [3.63, 3.8) is 0 Å². The molecule has 1 aromatic carbocycles. The van der Waals surface area contributed by atoms with Gasteiger partial charge in [0.15, 0.2) is 0 Å². The highest BCUT2D eigenvalue weighted by atomic mass is 79.9. The third-order valence-electron chi connectivity index (χ3n) is 4.86. The van der Waals surface area contributed by atoms with E-state index in [0.29, 0.717) is 18.6 Å². The second-order valence-corrected chi connectivity index (χ2v) is 6.99. The van der Waals surface area contributed by atoms with Crippen molar-refractivity contribution < 1.29 is 0 Å². The van der Waals surface area contributed by atoms with Gasteiger partial charge < -0.3 is 16.0 Å². The van der Waals surface area contributed by atoms with E-state index in [0.717, 1.165) is 17.3 Å². The summed E-state index contributed by atoms with van der Waals surface area (Å²) in [6.45, 7) is 0.709. The lowest BCUT2D eigenvalue weighted by Gasteiger charge is -2.45. The molecule has 1 aromatic rings. The normalized spacial score (nSPS) is 34.5. The molecule has 0 amide bonds. The molecule has 0 aliphatic carbocycles. The van der Waals surface area contributed by atoms with E-state index in [1.54, 1.807) is 0 Å². The average molecular weight is 324 g/mol. The number of rotatable bonds is 3. The van der Waals surface area contributed by atoms with Crippen LogP contribution in [-0.2, 0) is 0 Å². The minimum absolute atomic E-state index is 0.0686. The van der Waals surface area contributed by atoms with Crippen molar-refractivity contribution in [2.75, 3.05) is 18.9 Å². The van der Waals surface area contributed by atoms with Crippen LogP contribution in [0, 0.1) is 0 Å². The molecule has 3 nitrogen and oxygen atoms in total. The molecular formula is C15H22BrN3. The topological polar surface area (TPSA) is 41.3 Å². The molecule has 2 bridgehead atoms. The first-order valence-electron chi connectivity index (χ1n) is 7.08. The third-order valence-corrected chi connectivity index (χ3v) is 5.36. The Hall–Kier alpha value is -0.580. The van der Waals surface area contributed by atoms with Crippen LogP contribution in [0.15, 0.2) is 28.7 Å². The Morgan fingerprint density at radius 1 is 1.37 bits per heavy atom. The summed E-state index contributed by atoms with van der Waals surface area (Å²) < 4.78 is 1.11. The van der Waals surface area contributed by atoms with Crippen molar-refractivity contribution in [3.05, 3.63) is 28.7 Å². The first kappa shape index (κ1) is 13.4. The number of nitrogens with two attached hydrogens (primary N) is 1. The molecule has 2 fully saturated rings. The second-order valence-electron chi connectivity index (χ2n) is 6.08. The molecule has 3 rings (SSSR count). The van der Waals surface area contributed by atoms with Crippen molar-refractivity contribution >= 4 is 21.6 Å². The minimum Gasteiger partial charge on any atom is -0.378 e. The molecule has 3 N–H and O–H groups in total. The molecule has 2 unspecified atom stereocenters. The SMILES string of the molecule is CN1C2CCC1CC(CN)(Nc1cccc(Br)c1)C2. The molecule has 2 aliphatic rings. The lowest BCUT2D eigenvalue weighted by molar-refractivity contribution is 0.127. The molecule has 4 heteroatoms. The fourth-order valence-corrected chi connectivity index (χ4v) is 4.16. The Bertz CT molecular complexity index is 448. The van der Waals surface area contributed by atoms with Gasteiger partial charge in [-0.25, -0.2) is 0 Å². The summed E-state index contributed by atoms with van der Waals surface area (Å²) in [7, 11) is 2.27. The Morgan fingerprint density at radius 2 is 2.05 bits per heavy atom. The number of benzene rings is 1. The highest BCUT2D eigenvalue weighted by molar-refractivity contribution is 9.10. The standard InChI is InChI=1S/C15H22BrN3/c1-19-13-5-6-14(19)9-15(8-13,10-17)18-12-4-2-3-11(16)7-12/h2-4,7,13-14,18H,5-6,8-10,17H2,1H3. The molecule has 2 aliphatic heterocycles. The van der Waals surface area contributed by atoms with Gasteiger partial charge in [0.2, 0.25) is 0 Å². The van der Waals surface area contributed by atoms with E-state index < -0.39 is 0 Å². The van der Waals surface area contributed by atoms with Gasteiger partial charge in [-0.1, -0.05) is 22.0 Å². The number of halogens is 1. The second kappa shape index (κ2) is 5.08. The molecule has 19 heavy (non-hydrogen) atoms. The van der Waals surface area contributed by atoms with Gasteiger partial charge in [-0.2, -0.15) is 0 Å². The summed E-state index contributed by atoms with van der Waals surface area (Å²) in [5, 5.41) is 3.72. The summed E-state index contributed by atoms with van der Waals surface area (Å²) in [6.07, 6.45) is 4.96. The zero-order chi connectivity index (χ0) is 13.5. The van der Waals surface area contributed by atoms with Gasteiger partial charge in [-0.3, -0.25) is 0 Å². The third kappa shape index (κ3) is 2.54. The number of hydrogen-bond donors (Lipinski definition) is 2. The molecular weight excluding hydrogens is 302 g/mol. The van der Waals surface area contributed by atoms with Gasteiger partial charge in [0.05, 0.1) is 5.54 Å². The fraction of sp³-hybridized carbons (Fsp3) is 0.600. The van der Waals surface area contributed by atoms with Crippen LogP contribution in [0.3, 0.4) is 0 Å². The zero-order valence-electron chi connectivity index (χ0n) is 11.4. The van der Waals surface area contributed by atoms with Crippen molar-refractivity contribution in [2.45, 2.75) is 43.3 Å². The smallest absolute Gasteiger partial charge is 0.0525 e. The van der Waals surface area contributed by atoms with E-state index in [9.17, 15) is 0 Å². The van der Waals surface area contributed by atoms with Gasteiger partial charge in [-0.05, 0) is 50.9 Å². The van der Waals surface area contributed by atoms with Crippen LogP contribution in [0.5, 0.6) is 0 Å². The van der Waals surface area contributed by atoms with Crippen LogP contribution in [0.2, 0.25) is 0 Å². The number of nitrogens with one attached hydrogen (secondary N) is 1.